The molecular weight excluding hydrogens is 368 g/mol. The zero-order valence-electron chi connectivity index (χ0n) is 16.6. The van der Waals surface area contributed by atoms with E-state index >= 15 is 0 Å². The number of aromatic nitrogens is 1. The first kappa shape index (κ1) is 18.9. The van der Waals surface area contributed by atoms with E-state index < -0.39 is 0 Å². The van der Waals surface area contributed by atoms with Crippen LogP contribution in [-0.2, 0) is 6.54 Å². The number of carbonyl (C=O) groups excluding carboxylic acids is 1. The van der Waals surface area contributed by atoms with Gasteiger partial charge in [0.25, 0.3) is 5.91 Å². The van der Waals surface area contributed by atoms with Crippen LogP contribution in [0, 0.1) is 0 Å². The van der Waals surface area contributed by atoms with Gasteiger partial charge in [0, 0.05) is 56.6 Å². The van der Waals surface area contributed by atoms with Gasteiger partial charge in [-0.25, -0.2) is 4.98 Å². The van der Waals surface area contributed by atoms with Gasteiger partial charge >= 0.3 is 0 Å². The third kappa shape index (κ3) is 3.50. The third-order valence-corrected chi connectivity index (χ3v) is 6.62. The van der Waals surface area contributed by atoms with Gasteiger partial charge < -0.3 is 10.2 Å². The van der Waals surface area contributed by atoms with Crippen molar-refractivity contribution in [2.75, 3.05) is 39.1 Å². The lowest BCUT2D eigenvalue weighted by Crippen LogP contribution is -2.23. The highest BCUT2D eigenvalue weighted by Gasteiger charge is 2.30. The van der Waals surface area contributed by atoms with Gasteiger partial charge in [-0.15, -0.1) is 11.3 Å². The first-order chi connectivity index (χ1) is 13.6. The molecule has 0 unspecified atom stereocenters. The molecule has 0 saturated carbocycles. The smallest absolute Gasteiger partial charge is 0.261 e. The second-order valence-corrected chi connectivity index (χ2v) is 8.57. The number of nitrogens with zero attached hydrogens (tertiary/aromatic N) is 3. The van der Waals surface area contributed by atoms with Crippen molar-refractivity contribution in [3.63, 3.8) is 0 Å². The molecule has 0 aliphatic carbocycles. The normalized spacial score (nSPS) is 17.2. The summed E-state index contributed by atoms with van der Waals surface area (Å²) >= 11 is 1.61. The Kier molecular flexibility index (Phi) is 5.33. The van der Waals surface area contributed by atoms with Gasteiger partial charge in [0.1, 0.15) is 5.82 Å². The van der Waals surface area contributed by atoms with E-state index in [9.17, 15) is 4.79 Å². The van der Waals surface area contributed by atoms with Crippen molar-refractivity contribution in [1.82, 2.24) is 15.2 Å². The summed E-state index contributed by atoms with van der Waals surface area (Å²) in [6.07, 6.45) is 2.92. The lowest BCUT2D eigenvalue weighted by molar-refractivity contribution is 0.0966. The number of rotatable bonds is 5. The lowest BCUT2D eigenvalue weighted by atomic mass is 9.95. The van der Waals surface area contributed by atoms with Gasteiger partial charge in [0.2, 0.25) is 0 Å². The number of benzene rings is 1. The standard InChI is InChI=1S/C22H26N4OS/c1-23-22(27)20-19(17-8-4-5-9-18(17)28-20)15-10-12-26(13-15)14-16-7-6-11-24-21(16)25(2)3/h4-9,11,15H,10,12-14H2,1-3H3,(H,23,27)/t15-/m1/s1. The maximum Gasteiger partial charge on any atom is 0.261 e. The number of carbonyl (C=O) groups is 1. The topological polar surface area (TPSA) is 48.5 Å². The molecule has 1 N–H and O–H groups in total. The molecule has 1 aromatic carbocycles. The van der Waals surface area contributed by atoms with Gasteiger partial charge in [-0.3, -0.25) is 9.69 Å². The van der Waals surface area contributed by atoms with Crippen LogP contribution in [0.4, 0.5) is 5.82 Å². The summed E-state index contributed by atoms with van der Waals surface area (Å²) in [6, 6.07) is 12.5. The molecule has 1 saturated heterocycles. The molecule has 1 atom stereocenters. The Labute approximate surface area is 170 Å². The molecule has 5 nitrogen and oxygen atoms in total. The third-order valence-electron chi connectivity index (χ3n) is 5.43. The van der Waals surface area contributed by atoms with Gasteiger partial charge in [0.15, 0.2) is 0 Å². The fraction of sp³-hybridized carbons (Fsp3) is 0.364. The monoisotopic (exact) mass is 394 g/mol. The van der Waals surface area contributed by atoms with Gasteiger partial charge in [-0.2, -0.15) is 0 Å². The first-order valence-electron chi connectivity index (χ1n) is 9.65. The van der Waals surface area contributed by atoms with Crippen LogP contribution in [0.2, 0.25) is 0 Å². The second kappa shape index (κ2) is 7.89. The van der Waals surface area contributed by atoms with Gasteiger partial charge in [-0.1, -0.05) is 24.3 Å². The number of anilines is 1. The molecule has 1 fully saturated rings. The Bertz CT molecular complexity index is 997. The van der Waals surface area contributed by atoms with Crippen LogP contribution in [0.5, 0.6) is 0 Å². The summed E-state index contributed by atoms with van der Waals surface area (Å²) in [5.41, 5.74) is 2.47. The average Bonchev–Trinajstić information content (AvgIpc) is 3.31. The molecular formula is C22H26N4OS. The van der Waals surface area contributed by atoms with Crippen molar-refractivity contribution in [1.29, 1.82) is 0 Å². The summed E-state index contributed by atoms with van der Waals surface area (Å²) < 4.78 is 1.19. The van der Waals surface area contributed by atoms with Crippen LogP contribution in [0.25, 0.3) is 10.1 Å². The molecule has 1 aliphatic rings. The van der Waals surface area contributed by atoms with E-state index in [1.807, 2.05) is 32.4 Å². The second-order valence-electron chi connectivity index (χ2n) is 7.52. The van der Waals surface area contributed by atoms with Crippen molar-refractivity contribution >= 4 is 33.1 Å². The molecule has 0 radical (unpaired) electrons. The van der Waals surface area contributed by atoms with E-state index in [0.29, 0.717) is 5.92 Å². The molecule has 1 aliphatic heterocycles. The predicted molar refractivity (Wildman–Crippen MR) is 116 cm³/mol. The number of hydrogen-bond acceptors (Lipinski definition) is 5. The van der Waals surface area contributed by atoms with Crippen molar-refractivity contribution in [3.05, 3.63) is 58.6 Å². The number of nitrogens with one attached hydrogen (secondary N) is 1. The van der Waals surface area contributed by atoms with E-state index in [4.69, 9.17) is 0 Å². The van der Waals surface area contributed by atoms with Crippen molar-refractivity contribution in [3.8, 4) is 0 Å². The van der Waals surface area contributed by atoms with Crippen molar-refractivity contribution in [2.24, 2.45) is 0 Å². The van der Waals surface area contributed by atoms with Gasteiger partial charge in [0.05, 0.1) is 4.88 Å². The number of pyridine rings is 1. The summed E-state index contributed by atoms with van der Waals surface area (Å²) in [6.45, 7) is 2.88. The Morgan fingerprint density at radius 3 is 2.89 bits per heavy atom. The highest BCUT2D eigenvalue weighted by molar-refractivity contribution is 7.21. The molecule has 4 rings (SSSR count). The molecule has 28 heavy (non-hydrogen) atoms. The number of thiophene rings is 1. The maximum atomic E-state index is 12.5. The molecule has 2 aromatic heterocycles. The van der Waals surface area contributed by atoms with Crippen LogP contribution in [-0.4, -0.2) is 50.0 Å². The Balaban J connectivity index is 1.61. The number of amides is 1. The van der Waals surface area contributed by atoms with E-state index in [0.717, 1.165) is 36.8 Å². The summed E-state index contributed by atoms with van der Waals surface area (Å²) in [7, 11) is 5.78. The van der Waals surface area contributed by atoms with E-state index in [2.05, 4.69) is 44.4 Å². The Morgan fingerprint density at radius 2 is 2.11 bits per heavy atom. The van der Waals surface area contributed by atoms with Crippen LogP contribution in [0.3, 0.4) is 0 Å². The molecule has 0 bridgehead atoms. The zero-order chi connectivity index (χ0) is 19.7. The zero-order valence-corrected chi connectivity index (χ0v) is 17.4. The first-order valence-corrected chi connectivity index (χ1v) is 10.5. The Morgan fingerprint density at radius 1 is 1.29 bits per heavy atom. The average molecular weight is 395 g/mol. The molecule has 0 spiro atoms. The van der Waals surface area contributed by atoms with Crippen LogP contribution < -0.4 is 10.2 Å². The maximum absolute atomic E-state index is 12.5. The predicted octanol–water partition coefficient (Wildman–Crippen LogP) is 3.71. The molecule has 146 valence electrons. The fourth-order valence-electron chi connectivity index (χ4n) is 4.16. The van der Waals surface area contributed by atoms with Crippen LogP contribution in [0.15, 0.2) is 42.6 Å². The van der Waals surface area contributed by atoms with Gasteiger partial charge in [-0.05, 0) is 36.0 Å². The van der Waals surface area contributed by atoms with E-state index in [1.54, 1.807) is 18.4 Å². The molecule has 6 heteroatoms. The quantitative estimate of drug-likeness (QED) is 0.717. The van der Waals surface area contributed by atoms with Crippen LogP contribution in [0.1, 0.15) is 33.1 Å². The Hall–Kier alpha value is -2.44. The summed E-state index contributed by atoms with van der Waals surface area (Å²) in [5, 5.41) is 4.05. The number of likely N-dealkylation sites (tertiary alicyclic amines) is 1. The summed E-state index contributed by atoms with van der Waals surface area (Å²) in [4.78, 5) is 22.5. The van der Waals surface area contributed by atoms with Crippen molar-refractivity contribution < 1.29 is 4.79 Å². The minimum Gasteiger partial charge on any atom is -0.362 e. The van der Waals surface area contributed by atoms with E-state index in [1.165, 1.54) is 21.2 Å². The molecule has 1 amide bonds. The van der Waals surface area contributed by atoms with Crippen LogP contribution >= 0.6 is 11.3 Å². The highest BCUT2D eigenvalue weighted by atomic mass is 32.1. The lowest BCUT2D eigenvalue weighted by Gasteiger charge is -2.21. The number of fused-ring (bicyclic) bond motifs is 1. The highest BCUT2D eigenvalue weighted by Crippen LogP contribution is 2.40. The molecule has 3 aromatic rings. The fourth-order valence-corrected chi connectivity index (χ4v) is 5.40. The summed E-state index contributed by atoms with van der Waals surface area (Å²) in [5.74, 6) is 1.43. The largest absolute Gasteiger partial charge is 0.362 e. The minimum absolute atomic E-state index is 0.0248. The van der Waals surface area contributed by atoms with Crippen molar-refractivity contribution in [2.45, 2.75) is 18.9 Å². The minimum atomic E-state index is 0.0248. The SMILES string of the molecule is CNC(=O)c1sc2ccccc2c1[C@@H]1CCN(Cc2cccnc2N(C)C)C1. The number of hydrogen-bond donors (Lipinski definition) is 1. The van der Waals surface area contributed by atoms with E-state index in [-0.39, 0.29) is 5.91 Å². The molecule has 3 heterocycles.